The maximum Gasteiger partial charge on any atom is 0.227 e. The highest BCUT2D eigenvalue weighted by atomic mass is 32.2. The van der Waals surface area contributed by atoms with E-state index in [0.717, 1.165) is 21.3 Å². The first kappa shape index (κ1) is 17.6. The van der Waals surface area contributed by atoms with Crippen LogP contribution in [0.2, 0.25) is 0 Å². The highest BCUT2D eigenvalue weighted by Crippen LogP contribution is 2.28. The molecule has 0 bridgehead atoms. The fraction of sp³-hybridized carbons (Fsp3) is 0.222. The van der Waals surface area contributed by atoms with E-state index in [1.807, 2.05) is 32.0 Å². The Morgan fingerprint density at radius 3 is 2.52 bits per heavy atom. The molecule has 5 nitrogen and oxygen atoms in total. The van der Waals surface area contributed by atoms with Crippen LogP contribution in [0.15, 0.2) is 47.4 Å². The summed E-state index contributed by atoms with van der Waals surface area (Å²) in [6, 6.07) is 12.5. The first-order valence-electron chi connectivity index (χ1n) is 7.80. The standard InChI is InChI=1S/C18H18N2O3S2/c1-12-6-8-14(9-7-12)25(22,23)11-10-16(21)19-18-20-17-13(2)4-3-5-15(17)24-18/h3-9H,10-11H2,1-2H3,(H,19,20,21). The minimum atomic E-state index is -3.47. The predicted molar refractivity (Wildman–Crippen MR) is 101 cm³/mol. The Hall–Kier alpha value is -2.25. The van der Waals surface area contributed by atoms with Crippen LogP contribution in [0.1, 0.15) is 17.5 Å². The molecule has 0 unspecified atom stereocenters. The van der Waals surface area contributed by atoms with Gasteiger partial charge in [0.15, 0.2) is 15.0 Å². The molecule has 0 fully saturated rings. The Labute approximate surface area is 150 Å². The zero-order valence-electron chi connectivity index (χ0n) is 13.9. The summed E-state index contributed by atoms with van der Waals surface area (Å²) >= 11 is 1.38. The third-order valence-electron chi connectivity index (χ3n) is 3.85. The van der Waals surface area contributed by atoms with Gasteiger partial charge in [-0.25, -0.2) is 13.4 Å². The quantitative estimate of drug-likeness (QED) is 0.738. The first-order chi connectivity index (χ1) is 11.8. The Morgan fingerprint density at radius 1 is 1.12 bits per heavy atom. The zero-order valence-corrected chi connectivity index (χ0v) is 15.6. The zero-order chi connectivity index (χ0) is 18.0. The number of aromatic nitrogens is 1. The number of anilines is 1. The lowest BCUT2D eigenvalue weighted by atomic mass is 10.2. The number of rotatable bonds is 5. The number of nitrogens with one attached hydrogen (secondary N) is 1. The van der Waals surface area contributed by atoms with Gasteiger partial charge in [0.05, 0.1) is 20.9 Å². The van der Waals surface area contributed by atoms with Crippen LogP contribution in [0.5, 0.6) is 0 Å². The van der Waals surface area contributed by atoms with E-state index in [-0.39, 0.29) is 23.0 Å². The molecule has 0 spiro atoms. The summed E-state index contributed by atoms with van der Waals surface area (Å²) in [5.74, 6) is -0.585. The molecule has 0 aliphatic heterocycles. The van der Waals surface area contributed by atoms with Crippen molar-refractivity contribution < 1.29 is 13.2 Å². The van der Waals surface area contributed by atoms with Crippen molar-refractivity contribution in [2.75, 3.05) is 11.1 Å². The molecule has 1 heterocycles. The maximum atomic E-state index is 12.3. The van der Waals surface area contributed by atoms with Gasteiger partial charge in [0.2, 0.25) is 5.91 Å². The molecule has 1 aromatic heterocycles. The Bertz CT molecular complexity index is 1020. The summed E-state index contributed by atoms with van der Waals surface area (Å²) in [6.45, 7) is 3.85. The third-order valence-corrected chi connectivity index (χ3v) is 6.51. The van der Waals surface area contributed by atoms with Crippen molar-refractivity contribution in [3.63, 3.8) is 0 Å². The highest BCUT2D eigenvalue weighted by molar-refractivity contribution is 7.91. The van der Waals surface area contributed by atoms with E-state index >= 15 is 0 Å². The molecular weight excluding hydrogens is 356 g/mol. The van der Waals surface area contributed by atoms with Crippen molar-refractivity contribution in [3.8, 4) is 0 Å². The molecule has 0 saturated heterocycles. The minimum Gasteiger partial charge on any atom is -0.302 e. The number of amides is 1. The molecule has 0 atom stereocenters. The molecule has 1 N–H and O–H groups in total. The number of hydrogen-bond acceptors (Lipinski definition) is 5. The Balaban J connectivity index is 1.65. The molecule has 130 valence electrons. The van der Waals surface area contributed by atoms with Crippen LogP contribution in [0, 0.1) is 13.8 Å². The van der Waals surface area contributed by atoms with Crippen LogP contribution in [0.4, 0.5) is 5.13 Å². The van der Waals surface area contributed by atoms with Crippen molar-refractivity contribution >= 4 is 42.4 Å². The number of aryl methyl sites for hydroxylation is 2. The predicted octanol–water partition coefficient (Wildman–Crippen LogP) is 3.72. The lowest BCUT2D eigenvalue weighted by molar-refractivity contribution is -0.115. The number of carbonyl (C=O) groups is 1. The molecular formula is C18H18N2O3S2. The van der Waals surface area contributed by atoms with Gasteiger partial charge in [0.25, 0.3) is 0 Å². The molecule has 0 aliphatic rings. The van der Waals surface area contributed by atoms with E-state index in [1.54, 1.807) is 24.3 Å². The summed E-state index contributed by atoms with van der Waals surface area (Å²) in [4.78, 5) is 16.7. The Morgan fingerprint density at radius 2 is 1.84 bits per heavy atom. The maximum absolute atomic E-state index is 12.3. The largest absolute Gasteiger partial charge is 0.302 e. The van der Waals surface area contributed by atoms with Crippen molar-refractivity contribution in [2.45, 2.75) is 25.2 Å². The SMILES string of the molecule is Cc1ccc(S(=O)(=O)CCC(=O)Nc2nc3c(C)cccc3s2)cc1. The number of thiazole rings is 1. The second-order valence-electron chi connectivity index (χ2n) is 5.87. The number of hydrogen-bond donors (Lipinski definition) is 1. The van der Waals surface area contributed by atoms with Gasteiger partial charge in [-0.3, -0.25) is 4.79 Å². The molecule has 1 amide bonds. The number of sulfone groups is 1. The lowest BCUT2D eigenvalue weighted by Crippen LogP contribution is -2.17. The van der Waals surface area contributed by atoms with Crippen LogP contribution >= 0.6 is 11.3 Å². The van der Waals surface area contributed by atoms with Gasteiger partial charge in [-0.2, -0.15) is 0 Å². The molecule has 25 heavy (non-hydrogen) atoms. The fourth-order valence-corrected chi connectivity index (χ4v) is 4.61. The van der Waals surface area contributed by atoms with Crippen molar-refractivity contribution in [2.24, 2.45) is 0 Å². The first-order valence-corrected chi connectivity index (χ1v) is 10.3. The second-order valence-corrected chi connectivity index (χ2v) is 9.01. The number of fused-ring (bicyclic) bond motifs is 1. The topological polar surface area (TPSA) is 76.1 Å². The summed E-state index contributed by atoms with van der Waals surface area (Å²) in [5.41, 5.74) is 2.88. The smallest absolute Gasteiger partial charge is 0.227 e. The monoisotopic (exact) mass is 374 g/mol. The van der Waals surface area contributed by atoms with Crippen molar-refractivity contribution in [1.82, 2.24) is 4.98 Å². The lowest BCUT2D eigenvalue weighted by Gasteiger charge is -2.05. The molecule has 3 aromatic rings. The van der Waals surface area contributed by atoms with Gasteiger partial charge in [0.1, 0.15) is 0 Å². The third kappa shape index (κ3) is 4.05. The summed E-state index contributed by atoms with van der Waals surface area (Å²) in [6.07, 6.45) is -0.106. The van der Waals surface area contributed by atoms with E-state index in [4.69, 9.17) is 0 Å². The molecule has 0 saturated carbocycles. The van der Waals surface area contributed by atoms with Crippen LogP contribution in [0.25, 0.3) is 10.2 Å². The van der Waals surface area contributed by atoms with Crippen LogP contribution in [-0.4, -0.2) is 25.1 Å². The molecule has 2 aromatic carbocycles. The molecule has 3 rings (SSSR count). The molecule has 7 heteroatoms. The number of para-hydroxylation sites is 1. The summed E-state index contributed by atoms with van der Waals surface area (Å²) in [7, 11) is -3.47. The Kier molecular flexibility index (Phi) is 4.87. The van der Waals surface area contributed by atoms with Crippen LogP contribution in [0.3, 0.4) is 0 Å². The van der Waals surface area contributed by atoms with E-state index < -0.39 is 9.84 Å². The van der Waals surface area contributed by atoms with Gasteiger partial charge < -0.3 is 5.32 Å². The van der Waals surface area contributed by atoms with Gasteiger partial charge >= 0.3 is 0 Å². The van der Waals surface area contributed by atoms with Gasteiger partial charge in [0, 0.05) is 6.42 Å². The fourth-order valence-electron chi connectivity index (χ4n) is 2.41. The molecule has 0 aliphatic carbocycles. The van der Waals surface area contributed by atoms with E-state index in [2.05, 4.69) is 10.3 Å². The van der Waals surface area contributed by atoms with Crippen molar-refractivity contribution in [3.05, 3.63) is 53.6 Å². The minimum absolute atomic E-state index is 0.106. The van der Waals surface area contributed by atoms with Gasteiger partial charge in [-0.05, 0) is 37.6 Å². The van der Waals surface area contributed by atoms with E-state index in [9.17, 15) is 13.2 Å². The molecule has 0 radical (unpaired) electrons. The normalized spacial score (nSPS) is 11.6. The van der Waals surface area contributed by atoms with Crippen LogP contribution < -0.4 is 5.32 Å². The summed E-state index contributed by atoms with van der Waals surface area (Å²) in [5, 5.41) is 3.18. The van der Waals surface area contributed by atoms with E-state index in [1.165, 1.54) is 11.3 Å². The summed E-state index contributed by atoms with van der Waals surface area (Å²) < 4.78 is 25.6. The van der Waals surface area contributed by atoms with Gasteiger partial charge in [-0.1, -0.05) is 41.2 Å². The average molecular weight is 374 g/mol. The van der Waals surface area contributed by atoms with Gasteiger partial charge in [-0.15, -0.1) is 0 Å². The number of carbonyl (C=O) groups excluding carboxylic acids is 1. The van der Waals surface area contributed by atoms with Crippen molar-refractivity contribution in [1.29, 1.82) is 0 Å². The van der Waals surface area contributed by atoms with E-state index in [0.29, 0.717) is 5.13 Å². The van der Waals surface area contributed by atoms with Crippen LogP contribution in [-0.2, 0) is 14.6 Å². The number of benzene rings is 2. The highest BCUT2D eigenvalue weighted by Gasteiger charge is 2.17. The average Bonchev–Trinajstić information content (AvgIpc) is 2.97. The number of nitrogens with zero attached hydrogens (tertiary/aromatic N) is 1. The second kappa shape index (κ2) is 6.93.